The van der Waals surface area contributed by atoms with Crippen LogP contribution < -0.4 is 15.0 Å². The third-order valence-corrected chi connectivity index (χ3v) is 4.28. The van der Waals surface area contributed by atoms with Crippen molar-refractivity contribution < 1.29 is 9.53 Å². The van der Waals surface area contributed by atoms with Crippen molar-refractivity contribution in [2.75, 3.05) is 23.9 Å². The van der Waals surface area contributed by atoms with E-state index in [9.17, 15) is 4.79 Å². The zero-order valence-electron chi connectivity index (χ0n) is 14.1. The molecule has 0 bridgehead atoms. The Bertz CT molecular complexity index is 971. The maximum absolute atomic E-state index is 12.1. The first kappa shape index (κ1) is 15.4. The summed E-state index contributed by atoms with van der Waals surface area (Å²) in [6.45, 7) is 2.43. The molecule has 0 spiro atoms. The Balaban J connectivity index is 1.93. The molecule has 1 amide bonds. The molecule has 0 saturated heterocycles. The molecule has 2 heterocycles. The zero-order valence-corrected chi connectivity index (χ0v) is 14.1. The second-order valence-electron chi connectivity index (χ2n) is 5.94. The van der Waals surface area contributed by atoms with Crippen molar-refractivity contribution in [3.8, 4) is 5.75 Å². The number of aryl methyl sites for hydroxylation is 1. The van der Waals surface area contributed by atoms with Crippen molar-refractivity contribution in [1.29, 1.82) is 0 Å². The van der Waals surface area contributed by atoms with Crippen LogP contribution in [0.15, 0.2) is 42.5 Å². The summed E-state index contributed by atoms with van der Waals surface area (Å²) in [6, 6.07) is 13.6. The molecule has 126 valence electrons. The number of aromatic nitrogens is 2. The van der Waals surface area contributed by atoms with Crippen molar-refractivity contribution in [3.63, 3.8) is 0 Å². The van der Waals surface area contributed by atoms with Gasteiger partial charge in [0.05, 0.1) is 24.0 Å². The van der Waals surface area contributed by atoms with Gasteiger partial charge in [-0.1, -0.05) is 12.1 Å². The van der Waals surface area contributed by atoms with Gasteiger partial charge in [-0.15, -0.1) is 0 Å². The first-order valence-corrected chi connectivity index (χ1v) is 8.14. The van der Waals surface area contributed by atoms with E-state index >= 15 is 0 Å². The number of carbonyl (C=O) groups excluding carboxylic acids is 1. The molecule has 0 radical (unpaired) electrons. The Kier molecular flexibility index (Phi) is 3.72. The Hall–Kier alpha value is -3.15. The second kappa shape index (κ2) is 6.05. The minimum atomic E-state index is -0.0212. The number of hydrogen-bond acceptors (Lipinski definition) is 5. The van der Waals surface area contributed by atoms with Gasteiger partial charge in [-0.25, -0.2) is 9.97 Å². The maximum Gasteiger partial charge on any atom is 0.226 e. The van der Waals surface area contributed by atoms with Crippen molar-refractivity contribution in [2.45, 2.75) is 13.3 Å². The molecule has 1 aliphatic rings. The quantitative estimate of drug-likeness (QED) is 0.778. The number of anilines is 3. The Morgan fingerprint density at radius 1 is 1.16 bits per heavy atom. The molecular formula is C19H18N4O2. The molecule has 0 atom stereocenters. The van der Waals surface area contributed by atoms with E-state index < -0.39 is 0 Å². The summed E-state index contributed by atoms with van der Waals surface area (Å²) in [4.78, 5) is 23.4. The number of fused-ring (bicyclic) bond motifs is 2. The van der Waals surface area contributed by atoms with Gasteiger partial charge in [-0.3, -0.25) is 4.79 Å². The number of nitrogens with one attached hydrogen (secondary N) is 1. The van der Waals surface area contributed by atoms with E-state index in [4.69, 9.17) is 4.74 Å². The lowest BCUT2D eigenvalue weighted by molar-refractivity contribution is -0.115. The van der Waals surface area contributed by atoms with Gasteiger partial charge in [0.2, 0.25) is 5.91 Å². The topological polar surface area (TPSA) is 67.3 Å². The molecule has 1 aromatic heterocycles. The number of nitrogens with zero attached hydrogens (tertiary/aromatic N) is 3. The fourth-order valence-corrected chi connectivity index (χ4v) is 3.12. The van der Waals surface area contributed by atoms with E-state index in [0.29, 0.717) is 24.5 Å². The molecule has 25 heavy (non-hydrogen) atoms. The fourth-order valence-electron chi connectivity index (χ4n) is 3.12. The zero-order chi connectivity index (χ0) is 17.4. The standard InChI is InChI=1S/C19H18N4O2/c1-12-20-15-6-4-3-5-14(15)19(21-12)23-10-9-18(24)22-16-11-13(25-2)7-8-17(16)23/h3-8,11H,9-10H2,1-2H3,(H,22,24). The molecule has 1 aliphatic heterocycles. The molecule has 0 saturated carbocycles. The van der Waals surface area contributed by atoms with Crippen LogP contribution in [0.25, 0.3) is 10.9 Å². The van der Waals surface area contributed by atoms with Gasteiger partial charge in [0.1, 0.15) is 17.4 Å². The fraction of sp³-hybridized carbons (Fsp3) is 0.211. The molecule has 4 rings (SSSR count). The number of rotatable bonds is 2. The molecule has 6 nitrogen and oxygen atoms in total. The predicted octanol–water partition coefficient (Wildman–Crippen LogP) is 3.43. The van der Waals surface area contributed by atoms with E-state index in [2.05, 4.69) is 20.2 Å². The summed E-state index contributed by atoms with van der Waals surface area (Å²) in [7, 11) is 1.61. The SMILES string of the molecule is COc1ccc2c(c1)NC(=O)CCN2c1nc(C)nc2ccccc12. The van der Waals surface area contributed by atoms with Crippen LogP contribution in [0.5, 0.6) is 5.75 Å². The molecule has 0 unspecified atom stereocenters. The van der Waals surface area contributed by atoms with E-state index in [1.54, 1.807) is 7.11 Å². The van der Waals surface area contributed by atoms with Crippen molar-refractivity contribution in [3.05, 3.63) is 48.3 Å². The molecule has 6 heteroatoms. The summed E-state index contributed by atoms with van der Waals surface area (Å²) in [5.41, 5.74) is 2.51. The Labute approximate surface area is 145 Å². The van der Waals surface area contributed by atoms with Gasteiger partial charge in [0.25, 0.3) is 0 Å². The Morgan fingerprint density at radius 2 is 2.00 bits per heavy atom. The molecular weight excluding hydrogens is 316 g/mol. The first-order chi connectivity index (χ1) is 12.2. The summed E-state index contributed by atoms with van der Waals surface area (Å²) in [6.07, 6.45) is 0.383. The van der Waals surface area contributed by atoms with Gasteiger partial charge in [-0.2, -0.15) is 0 Å². The molecule has 3 aromatic rings. The van der Waals surface area contributed by atoms with Crippen LogP contribution in [0, 0.1) is 6.92 Å². The highest BCUT2D eigenvalue weighted by Crippen LogP contribution is 2.38. The molecule has 0 fully saturated rings. The lowest BCUT2D eigenvalue weighted by Crippen LogP contribution is -2.21. The lowest BCUT2D eigenvalue weighted by atomic mass is 10.2. The number of hydrogen-bond donors (Lipinski definition) is 1. The van der Waals surface area contributed by atoms with Crippen LogP contribution in [0.1, 0.15) is 12.2 Å². The minimum absolute atomic E-state index is 0.0212. The number of amides is 1. The minimum Gasteiger partial charge on any atom is -0.497 e. The summed E-state index contributed by atoms with van der Waals surface area (Å²) >= 11 is 0. The van der Waals surface area contributed by atoms with Crippen LogP contribution >= 0.6 is 0 Å². The summed E-state index contributed by atoms with van der Waals surface area (Å²) < 4.78 is 5.29. The normalized spacial score (nSPS) is 14.0. The van der Waals surface area contributed by atoms with Gasteiger partial charge in [0.15, 0.2) is 0 Å². The number of methoxy groups -OCH3 is 1. The highest BCUT2D eigenvalue weighted by atomic mass is 16.5. The average Bonchev–Trinajstić information content (AvgIpc) is 2.78. The predicted molar refractivity (Wildman–Crippen MR) is 97.5 cm³/mol. The second-order valence-corrected chi connectivity index (χ2v) is 5.94. The monoisotopic (exact) mass is 334 g/mol. The van der Waals surface area contributed by atoms with E-state index in [0.717, 1.165) is 28.1 Å². The highest BCUT2D eigenvalue weighted by molar-refractivity contribution is 6.00. The van der Waals surface area contributed by atoms with Crippen LogP contribution in [-0.4, -0.2) is 29.5 Å². The van der Waals surface area contributed by atoms with Crippen LogP contribution in [0.2, 0.25) is 0 Å². The third kappa shape index (κ3) is 2.76. The van der Waals surface area contributed by atoms with Crippen LogP contribution in [0.4, 0.5) is 17.2 Å². The molecule has 1 N–H and O–H groups in total. The molecule has 0 aliphatic carbocycles. The lowest BCUT2D eigenvalue weighted by Gasteiger charge is -2.25. The number of carbonyl (C=O) groups is 1. The summed E-state index contributed by atoms with van der Waals surface area (Å²) in [5, 5.41) is 3.92. The number of benzene rings is 2. The van der Waals surface area contributed by atoms with Crippen LogP contribution in [0.3, 0.4) is 0 Å². The summed E-state index contributed by atoms with van der Waals surface area (Å²) in [5.74, 6) is 2.19. The number of para-hydroxylation sites is 1. The van der Waals surface area contributed by atoms with Crippen molar-refractivity contribution in [1.82, 2.24) is 9.97 Å². The van der Waals surface area contributed by atoms with E-state index in [1.807, 2.05) is 49.4 Å². The highest BCUT2D eigenvalue weighted by Gasteiger charge is 2.23. The largest absolute Gasteiger partial charge is 0.497 e. The van der Waals surface area contributed by atoms with E-state index in [-0.39, 0.29) is 5.91 Å². The van der Waals surface area contributed by atoms with Gasteiger partial charge in [0, 0.05) is 24.4 Å². The number of ether oxygens (including phenoxy) is 1. The van der Waals surface area contributed by atoms with E-state index in [1.165, 1.54) is 0 Å². The maximum atomic E-state index is 12.1. The smallest absolute Gasteiger partial charge is 0.226 e. The third-order valence-electron chi connectivity index (χ3n) is 4.28. The van der Waals surface area contributed by atoms with Crippen molar-refractivity contribution >= 4 is 34.0 Å². The van der Waals surface area contributed by atoms with Crippen molar-refractivity contribution in [2.24, 2.45) is 0 Å². The van der Waals surface area contributed by atoms with Gasteiger partial charge in [-0.05, 0) is 31.2 Å². The first-order valence-electron chi connectivity index (χ1n) is 8.14. The van der Waals surface area contributed by atoms with Gasteiger partial charge < -0.3 is 15.0 Å². The van der Waals surface area contributed by atoms with Crippen LogP contribution in [-0.2, 0) is 4.79 Å². The Morgan fingerprint density at radius 3 is 2.84 bits per heavy atom. The molecule has 2 aromatic carbocycles. The average molecular weight is 334 g/mol. The van der Waals surface area contributed by atoms with Gasteiger partial charge >= 0.3 is 0 Å².